The summed E-state index contributed by atoms with van der Waals surface area (Å²) in [5.41, 5.74) is 1.19. The van der Waals surface area contributed by atoms with Gasteiger partial charge >= 0.3 is 5.97 Å². The normalized spacial score (nSPS) is 13.6. The van der Waals surface area contributed by atoms with Crippen molar-refractivity contribution in [2.24, 2.45) is 0 Å². The van der Waals surface area contributed by atoms with Crippen LogP contribution >= 0.6 is 0 Å². The molecule has 0 aliphatic rings. The number of nitrogens with zero attached hydrogens (tertiary/aromatic N) is 2. The van der Waals surface area contributed by atoms with Gasteiger partial charge in [-0.1, -0.05) is 0 Å². The van der Waals surface area contributed by atoms with Gasteiger partial charge in [-0.2, -0.15) is 0 Å². The SMILES string of the molecule is Cc1c(C(=O)O)c2cccnc2n1C(C)CS(C)(=O)=O. The molecule has 1 unspecified atom stereocenters. The molecule has 2 aromatic rings. The van der Waals surface area contributed by atoms with Crippen molar-refractivity contribution >= 4 is 26.8 Å². The van der Waals surface area contributed by atoms with Crippen LogP contribution < -0.4 is 0 Å². The fourth-order valence-corrected chi connectivity index (χ4v) is 3.61. The number of sulfone groups is 1. The first-order chi connectivity index (χ1) is 9.22. The van der Waals surface area contributed by atoms with Gasteiger partial charge in [-0.3, -0.25) is 0 Å². The van der Waals surface area contributed by atoms with Gasteiger partial charge in [0.2, 0.25) is 0 Å². The molecule has 0 aliphatic heterocycles. The van der Waals surface area contributed by atoms with E-state index in [-0.39, 0.29) is 17.4 Å². The molecule has 0 radical (unpaired) electrons. The molecule has 0 spiro atoms. The minimum atomic E-state index is -3.16. The highest BCUT2D eigenvalue weighted by atomic mass is 32.2. The summed E-state index contributed by atoms with van der Waals surface area (Å²) in [5.74, 6) is -1.10. The summed E-state index contributed by atoms with van der Waals surface area (Å²) in [4.78, 5) is 15.6. The average Bonchev–Trinajstić information content (AvgIpc) is 2.58. The summed E-state index contributed by atoms with van der Waals surface area (Å²) >= 11 is 0. The smallest absolute Gasteiger partial charge is 0.338 e. The standard InChI is InChI=1S/C13H16N2O4S/c1-8(7-20(3,18)19)15-9(2)11(13(16)17)10-5-4-6-14-12(10)15/h4-6,8H,7H2,1-3H3,(H,16,17). The second kappa shape index (κ2) is 4.90. The van der Waals surface area contributed by atoms with Gasteiger partial charge in [0.1, 0.15) is 15.5 Å². The number of hydrogen-bond acceptors (Lipinski definition) is 4. The maximum atomic E-state index is 11.5. The zero-order chi connectivity index (χ0) is 15.1. The molecule has 0 saturated carbocycles. The largest absolute Gasteiger partial charge is 0.478 e. The lowest BCUT2D eigenvalue weighted by Gasteiger charge is -2.16. The minimum Gasteiger partial charge on any atom is -0.478 e. The molecule has 2 heterocycles. The molecule has 1 N–H and O–H groups in total. The molecule has 6 nitrogen and oxygen atoms in total. The van der Waals surface area contributed by atoms with Gasteiger partial charge in [-0.25, -0.2) is 18.2 Å². The highest BCUT2D eigenvalue weighted by Gasteiger charge is 2.24. The number of carbonyl (C=O) groups is 1. The third kappa shape index (κ3) is 2.53. The Bertz CT molecular complexity index is 777. The van der Waals surface area contributed by atoms with Gasteiger partial charge in [-0.15, -0.1) is 0 Å². The van der Waals surface area contributed by atoms with Crippen LogP contribution in [0.15, 0.2) is 18.3 Å². The summed E-state index contributed by atoms with van der Waals surface area (Å²) in [6, 6.07) is 2.97. The van der Waals surface area contributed by atoms with Crippen molar-refractivity contribution in [1.82, 2.24) is 9.55 Å². The molecule has 7 heteroatoms. The second-order valence-corrected chi connectivity index (χ2v) is 7.14. The van der Waals surface area contributed by atoms with Crippen LogP contribution in [0.1, 0.15) is 29.0 Å². The number of pyridine rings is 1. The Morgan fingerprint density at radius 2 is 2.15 bits per heavy atom. The number of aromatic nitrogens is 2. The van der Waals surface area contributed by atoms with Crippen molar-refractivity contribution in [3.63, 3.8) is 0 Å². The molecule has 0 aromatic carbocycles. The number of fused-ring (bicyclic) bond motifs is 1. The Kier molecular flexibility index (Phi) is 3.56. The topological polar surface area (TPSA) is 89.3 Å². The van der Waals surface area contributed by atoms with Crippen LogP contribution in [0.2, 0.25) is 0 Å². The maximum absolute atomic E-state index is 11.5. The Morgan fingerprint density at radius 1 is 1.50 bits per heavy atom. The summed E-state index contributed by atoms with van der Waals surface area (Å²) in [6.07, 6.45) is 2.73. The molecule has 0 fully saturated rings. The molecule has 20 heavy (non-hydrogen) atoms. The van der Waals surface area contributed by atoms with E-state index in [4.69, 9.17) is 0 Å². The zero-order valence-corrected chi connectivity index (χ0v) is 12.3. The molecule has 2 aromatic heterocycles. The van der Waals surface area contributed by atoms with Crippen molar-refractivity contribution in [2.75, 3.05) is 12.0 Å². The fourth-order valence-electron chi connectivity index (χ4n) is 2.58. The van der Waals surface area contributed by atoms with Crippen LogP contribution in [0.25, 0.3) is 11.0 Å². The molecule has 0 saturated heterocycles. The lowest BCUT2D eigenvalue weighted by Crippen LogP contribution is -2.18. The molecule has 1 atom stereocenters. The van der Waals surface area contributed by atoms with Gasteiger partial charge in [0.05, 0.1) is 11.3 Å². The number of carboxylic acids is 1. The van der Waals surface area contributed by atoms with Crippen LogP contribution in [0.4, 0.5) is 0 Å². The van der Waals surface area contributed by atoms with Crippen LogP contribution in [0.3, 0.4) is 0 Å². The molecular formula is C13H16N2O4S. The van der Waals surface area contributed by atoms with Gasteiger partial charge in [0, 0.05) is 29.6 Å². The van der Waals surface area contributed by atoms with E-state index >= 15 is 0 Å². The molecular weight excluding hydrogens is 280 g/mol. The average molecular weight is 296 g/mol. The van der Waals surface area contributed by atoms with E-state index in [2.05, 4.69) is 4.98 Å². The van der Waals surface area contributed by atoms with E-state index in [1.54, 1.807) is 36.7 Å². The van der Waals surface area contributed by atoms with E-state index in [1.165, 1.54) is 0 Å². The van der Waals surface area contributed by atoms with Gasteiger partial charge in [-0.05, 0) is 26.0 Å². The van der Waals surface area contributed by atoms with Gasteiger partial charge < -0.3 is 9.67 Å². The van der Waals surface area contributed by atoms with Crippen molar-refractivity contribution in [2.45, 2.75) is 19.9 Å². The number of rotatable bonds is 4. The Labute approximate surface area is 117 Å². The van der Waals surface area contributed by atoms with Crippen molar-refractivity contribution in [1.29, 1.82) is 0 Å². The summed E-state index contributed by atoms with van der Waals surface area (Å²) in [5, 5.41) is 9.86. The van der Waals surface area contributed by atoms with E-state index in [9.17, 15) is 18.3 Å². The fraction of sp³-hybridized carbons (Fsp3) is 0.385. The predicted octanol–water partition coefficient (Wildman–Crippen LogP) is 1.65. The maximum Gasteiger partial charge on any atom is 0.338 e. The van der Waals surface area contributed by atoms with Crippen LogP contribution in [0.5, 0.6) is 0 Å². The first-order valence-electron chi connectivity index (χ1n) is 6.09. The van der Waals surface area contributed by atoms with Crippen LogP contribution in [0, 0.1) is 6.92 Å². The highest BCUT2D eigenvalue weighted by Crippen LogP contribution is 2.28. The number of aromatic carboxylic acids is 1. The van der Waals surface area contributed by atoms with E-state index in [0.29, 0.717) is 16.7 Å². The Hall–Kier alpha value is -1.89. The molecule has 0 aliphatic carbocycles. The Morgan fingerprint density at radius 3 is 2.70 bits per heavy atom. The second-order valence-electron chi connectivity index (χ2n) is 4.95. The van der Waals surface area contributed by atoms with Crippen LogP contribution in [-0.2, 0) is 9.84 Å². The first kappa shape index (κ1) is 14.5. The molecule has 0 bridgehead atoms. The van der Waals surface area contributed by atoms with Crippen LogP contribution in [-0.4, -0.2) is 41.1 Å². The number of carboxylic acid groups (broad SMARTS) is 1. The monoisotopic (exact) mass is 296 g/mol. The van der Waals surface area contributed by atoms with E-state index in [1.807, 2.05) is 0 Å². The lowest BCUT2D eigenvalue weighted by atomic mass is 10.2. The predicted molar refractivity (Wildman–Crippen MR) is 75.9 cm³/mol. The first-order valence-corrected chi connectivity index (χ1v) is 8.15. The van der Waals surface area contributed by atoms with Crippen molar-refractivity contribution in [3.05, 3.63) is 29.6 Å². The van der Waals surface area contributed by atoms with Crippen molar-refractivity contribution < 1.29 is 18.3 Å². The summed E-state index contributed by atoms with van der Waals surface area (Å²) in [6.45, 7) is 3.41. The minimum absolute atomic E-state index is 0.0622. The zero-order valence-electron chi connectivity index (χ0n) is 11.5. The Balaban J connectivity index is 2.70. The van der Waals surface area contributed by atoms with E-state index in [0.717, 1.165) is 6.26 Å². The summed E-state index contributed by atoms with van der Waals surface area (Å²) in [7, 11) is -3.16. The highest BCUT2D eigenvalue weighted by molar-refractivity contribution is 7.90. The quantitative estimate of drug-likeness (QED) is 0.926. The van der Waals surface area contributed by atoms with Crippen molar-refractivity contribution in [3.8, 4) is 0 Å². The molecule has 108 valence electrons. The van der Waals surface area contributed by atoms with Gasteiger partial charge in [0.15, 0.2) is 0 Å². The third-order valence-corrected chi connectivity index (χ3v) is 4.29. The van der Waals surface area contributed by atoms with Gasteiger partial charge in [0.25, 0.3) is 0 Å². The molecule has 2 rings (SSSR count). The molecule has 0 amide bonds. The number of hydrogen-bond donors (Lipinski definition) is 1. The van der Waals surface area contributed by atoms with E-state index < -0.39 is 15.8 Å². The summed E-state index contributed by atoms with van der Waals surface area (Å²) < 4.78 is 24.6. The lowest BCUT2D eigenvalue weighted by molar-refractivity contribution is 0.0698. The third-order valence-electron chi connectivity index (χ3n) is 3.21.